The van der Waals surface area contributed by atoms with Gasteiger partial charge in [-0.05, 0) is 38.1 Å². The molecule has 15 heavy (non-hydrogen) atoms. The molecule has 1 unspecified atom stereocenters. The van der Waals surface area contributed by atoms with Crippen LogP contribution in [0.3, 0.4) is 0 Å². The minimum atomic E-state index is 0.817. The van der Waals surface area contributed by atoms with Crippen molar-refractivity contribution >= 4 is 0 Å². The van der Waals surface area contributed by atoms with E-state index in [1.165, 1.54) is 64.3 Å². The summed E-state index contributed by atoms with van der Waals surface area (Å²) in [5.41, 5.74) is 0. The molecule has 1 aliphatic rings. The van der Waals surface area contributed by atoms with E-state index in [9.17, 15) is 0 Å². The summed E-state index contributed by atoms with van der Waals surface area (Å²) in [6.07, 6.45) is 12.8. The lowest BCUT2D eigenvalue weighted by atomic mass is 10.0. The van der Waals surface area contributed by atoms with Crippen LogP contribution in [0.15, 0.2) is 0 Å². The smallest absolute Gasteiger partial charge is 0.00671 e. The van der Waals surface area contributed by atoms with Crippen molar-refractivity contribution in [2.24, 2.45) is 5.92 Å². The second-order valence-electron chi connectivity index (χ2n) is 5.17. The lowest BCUT2D eigenvalue weighted by Gasteiger charge is -2.18. The summed E-state index contributed by atoms with van der Waals surface area (Å²) in [7, 11) is 0. The minimum absolute atomic E-state index is 0.817. The van der Waals surface area contributed by atoms with E-state index < -0.39 is 0 Å². The molecule has 1 atom stereocenters. The van der Waals surface area contributed by atoms with Gasteiger partial charge in [0.2, 0.25) is 0 Å². The molecule has 1 fully saturated rings. The van der Waals surface area contributed by atoms with E-state index in [-0.39, 0.29) is 0 Å². The number of rotatable bonds is 10. The zero-order chi connectivity index (χ0) is 10.9. The third-order valence-electron chi connectivity index (χ3n) is 3.46. The summed E-state index contributed by atoms with van der Waals surface area (Å²) in [4.78, 5) is 0. The Hall–Kier alpha value is -0.0400. The molecule has 0 saturated heterocycles. The Morgan fingerprint density at radius 1 is 1.07 bits per heavy atom. The van der Waals surface area contributed by atoms with Gasteiger partial charge in [-0.3, -0.25) is 0 Å². The van der Waals surface area contributed by atoms with Crippen LogP contribution in [0.1, 0.15) is 71.6 Å². The maximum atomic E-state index is 3.71. The van der Waals surface area contributed by atoms with Gasteiger partial charge < -0.3 is 5.32 Å². The van der Waals surface area contributed by atoms with Gasteiger partial charge in [-0.25, -0.2) is 0 Å². The molecule has 0 aliphatic heterocycles. The Kier molecular flexibility index (Phi) is 7.08. The number of nitrogens with one attached hydrogen (secondary N) is 1. The van der Waals surface area contributed by atoms with E-state index in [4.69, 9.17) is 0 Å². The highest BCUT2D eigenvalue weighted by Gasteiger charge is 2.22. The maximum absolute atomic E-state index is 3.71. The van der Waals surface area contributed by atoms with Crippen molar-refractivity contribution in [3.63, 3.8) is 0 Å². The molecule has 0 radical (unpaired) electrons. The SMILES string of the molecule is CCCCCC(CCC1CC1)NCCC. The molecule has 0 aromatic heterocycles. The van der Waals surface area contributed by atoms with Crippen LogP contribution in [-0.2, 0) is 0 Å². The Labute approximate surface area is 96.0 Å². The summed E-state index contributed by atoms with van der Waals surface area (Å²) in [6, 6.07) is 0.817. The molecule has 0 spiro atoms. The van der Waals surface area contributed by atoms with Crippen molar-refractivity contribution in [3.05, 3.63) is 0 Å². The van der Waals surface area contributed by atoms with E-state index in [1.54, 1.807) is 0 Å². The van der Waals surface area contributed by atoms with Gasteiger partial charge in [-0.2, -0.15) is 0 Å². The first-order chi connectivity index (χ1) is 7.36. The Balaban J connectivity index is 2.05. The molecule has 1 nitrogen and oxygen atoms in total. The highest BCUT2D eigenvalue weighted by atomic mass is 14.9. The second-order valence-corrected chi connectivity index (χ2v) is 5.17. The summed E-state index contributed by atoms with van der Waals surface area (Å²) < 4.78 is 0. The van der Waals surface area contributed by atoms with Gasteiger partial charge in [0.25, 0.3) is 0 Å². The number of hydrogen-bond acceptors (Lipinski definition) is 1. The molecule has 0 aromatic carbocycles. The van der Waals surface area contributed by atoms with Crippen LogP contribution in [-0.4, -0.2) is 12.6 Å². The van der Waals surface area contributed by atoms with Crippen molar-refractivity contribution in [2.75, 3.05) is 6.54 Å². The molecule has 1 N–H and O–H groups in total. The van der Waals surface area contributed by atoms with Crippen molar-refractivity contribution in [1.29, 1.82) is 0 Å². The number of unbranched alkanes of at least 4 members (excludes halogenated alkanes) is 2. The van der Waals surface area contributed by atoms with Crippen LogP contribution in [0.25, 0.3) is 0 Å². The predicted molar refractivity (Wildman–Crippen MR) is 68.2 cm³/mol. The van der Waals surface area contributed by atoms with E-state index in [0.29, 0.717) is 0 Å². The quantitative estimate of drug-likeness (QED) is 0.536. The Morgan fingerprint density at radius 3 is 2.47 bits per heavy atom. The Morgan fingerprint density at radius 2 is 1.87 bits per heavy atom. The third-order valence-corrected chi connectivity index (χ3v) is 3.46. The summed E-state index contributed by atoms with van der Waals surface area (Å²) in [5.74, 6) is 1.10. The van der Waals surface area contributed by atoms with Crippen LogP contribution in [0.2, 0.25) is 0 Å². The van der Waals surface area contributed by atoms with Gasteiger partial charge in [0, 0.05) is 6.04 Å². The van der Waals surface area contributed by atoms with Gasteiger partial charge in [-0.15, -0.1) is 0 Å². The monoisotopic (exact) mass is 211 g/mol. The first-order valence-corrected chi connectivity index (χ1v) is 7.10. The summed E-state index contributed by atoms with van der Waals surface area (Å²) in [6.45, 7) is 5.76. The molecule has 0 aromatic rings. The average Bonchev–Trinajstić information content (AvgIpc) is 3.05. The van der Waals surface area contributed by atoms with Crippen LogP contribution in [0.4, 0.5) is 0 Å². The molecule has 0 heterocycles. The van der Waals surface area contributed by atoms with Crippen LogP contribution < -0.4 is 5.32 Å². The minimum Gasteiger partial charge on any atom is -0.314 e. The van der Waals surface area contributed by atoms with Crippen molar-refractivity contribution < 1.29 is 0 Å². The van der Waals surface area contributed by atoms with Crippen LogP contribution >= 0.6 is 0 Å². The Bertz CT molecular complexity index is 140. The summed E-state index contributed by atoms with van der Waals surface area (Å²) >= 11 is 0. The molecule has 0 bridgehead atoms. The maximum Gasteiger partial charge on any atom is 0.00671 e. The molecular weight excluding hydrogens is 182 g/mol. The van der Waals surface area contributed by atoms with Crippen LogP contribution in [0.5, 0.6) is 0 Å². The van der Waals surface area contributed by atoms with Gasteiger partial charge >= 0.3 is 0 Å². The average molecular weight is 211 g/mol. The lowest BCUT2D eigenvalue weighted by molar-refractivity contribution is 0.416. The third kappa shape index (κ3) is 6.94. The van der Waals surface area contributed by atoms with Crippen molar-refractivity contribution in [3.8, 4) is 0 Å². The van der Waals surface area contributed by atoms with Crippen LogP contribution in [0, 0.1) is 5.92 Å². The standard InChI is InChI=1S/C14H29N/c1-3-5-6-7-14(15-12-4-2)11-10-13-8-9-13/h13-15H,3-12H2,1-2H3. The fraction of sp³-hybridized carbons (Fsp3) is 1.00. The zero-order valence-electron chi connectivity index (χ0n) is 10.7. The van der Waals surface area contributed by atoms with Gasteiger partial charge in [0.15, 0.2) is 0 Å². The summed E-state index contributed by atoms with van der Waals surface area (Å²) in [5, 5.41) is 3.71. The molecule has 0 amide bonds. The van der Waals surface area contributed by atoms with E-state index in [0.717, 1.165) is 12.0 Å². The first kappa shape index (κ1) is 13.0. The van der Waals surface area contributed by atoms with Gasteiger partial charge in [0.1, 0.15) is 0 Å². The molecule has 1 rings (SSSR count). The number of hydrogen-bond donors (Lipinski definition) is 1. The highest BCUT2D eigenvalue weighted by molar-refractivity contribution is 4.76. The predicted octanol–water partition coefficient (Wildman–Crippen LogP) is 4.13. The van der Waals surface area contributed by atoms with E-state index in [1.807, 2.05) is 0 Å². The molecule has 1 heteroatoms. The zero-order valence-corrected chi connectivity index (χ0v) is 10.7. The lowest BCUT2D eigenvalue weighted by Crippen LogP contribution is -2.29. The second kappa shape index (κ2) is 8.15. The fourth-order valence-electron chi connectivity index (χ4n) is 2.18. The fourth-order valence-corrected chi connectivity index (χ4v) is 2.18. The van der Waals surface area contributed by atoms with Crippen molar-refractivity contribution in [2.45, 2.75) is 77.7 Å². The van der Waals surface area contributed by atoms with E-state index in [2.05, 4.69) is 19.2 Å². The highest BCUT2D eigenvalue weighted by Crippen LogP contribution is 2.34. The normalized spacial score (nSPS) is 18.0. The molecule has 1 saturated carbocycles. The largest absolute Gasteiger partial charge is 0.314 e. The topological polar surface area (TPSA) is 12.0 Å². The molecular formula is C14H29N. The van der Waals surface area contributed by atoms with Crippen molar-refractivity contribution in [1.82, 2.24) is 5.32 Å². The van der Waals surface area contributed by atoms with Gasteiger partial charge in [0.05, 0.1) is 0 Å². The van der Waals surface area contributed by atoms with E-state index >= 15 is 0 Å². The first-order valence-electron chi connectivity index (χ1n) is 7.10. The van der Waals surface area contributed by atoms with Gasteiger partial charge in [-0.1, -0.05) is 46.0 Å². The molecule has 90 valence electrons. The molecule has 1 aliphatic carbocycles.